The number of carbonyl (C=O) groups excluding carboxylic acids is 1. The molecule has 0 unspecified atom stereocenters. The standard InChI is InChI=1S/C22H25NO4/c1-22(2,3)16-6-8-17(9-7-16)23-18(10-13-20(23)24)14-27-19-11-4-15(5-12-19)21(25)26/h4-9,11-12,18H,10,13-14H2,1-3H3,(H,25,26)/t18-/m0/s1. The zero-order valence-electron chi connectivity index (χ0n) is 15.9. The highest BCUT2D eigenvalue weighted by molar-refractivity contribution is 5.96. The Morgan fingerprint density at radius 1 is 1.11 bits per heavy atom. The van der Waals surface area contributed by atoms with Gasteiger partial charge in [-0.3, -0.25) is 4.79 Å². The molecule has 1 N–H and O–H groups in total. The maximum atomic E-state index is 12.4. The summed E-state index contributed by atoms with van der Waals surface area (Å²) in [5.74, 6) is -0.261. The Labute approximate surface area is 159 Å². The molecule has 2 aromatic carbocycles. The molecule has 2 aromatic rings. The number of hydrogen-bond donors (Lipinski definition) is 1. The Bertz CT molecular complexity index is 819. The molecule has 1 heterocycles. The minimum atomic E-state index is -0.965. The van der Waals surface area contributed by atoms with Crippen LogP contribution in [-0.4, -0.2) is 29.6 Å². The molecule has 1 fully saturated rings. The molecule has 27 heavy (non-hydrogen) atoms. The quantitative estimate of drug-likeness (QED) is 0.858. The third-order valence-electron chi connectivity index (χ3n) is 4.88. The minimum Gasteiger partial charge on any atom is -0.491 e. The third kappa shape index (κ3) is 4.30. The van der Waals surface area contributed by atoms with Crippen LogP contribution in [0.5, 0.6) is 5.75 Å². The maximum absolute atomic E-state index is 12.4. The van der Waals surface area contributed by atoms with E-state index in [1.54, 1.807) is 12.1 Å². The lowest BCUT2D eigenvalue weighted by Gasteiger charge is -2.26. The summed E-state index contributed by atoms with van der Waals surface area (Å²) in [6.07, 6.45) is 1.25. The van der Waals surface area contributed by atoms with Crippen LogP contribution in [0.4, 0.5) is 5.69 Å². The van der Waals surface area contributed by atoms with Gasteiger partial charge in [0.2, 0.25) is 5.91 Å². The number of hydrogen-bond acceptors (Lipinski definition) is 3. The highest BCUT2D eigenvalue weighted by Crippen LogP contribution is 2.30. The van der Waals surface area contributed by atoms with E-state index < -0.39 is 5.97 Å². The van der Waals surface area contributed by atoms with Gasteiger partial charge in [-0.15, -0.1) is 0 Å². The van der Waals surface area contributed by atoms with E-state index in [0.29, 0.717) is 18.8 Å². The molecule has 0 aromatic heterocycles. The molecule has 0 aliphatic carbocycles. The highest BCUT2D eigenvalue weighted by atomic mass is 16.5. The second-order valence-corrected chi connectivity index (χ2v) is 7.89. The fraction of sp³-hybridized carbons (Fsp3) is 0.364. The summed E-state index contributed by atoms with van der Waals surface area (Å²) in [4.78, 5) is 25.1. The first kappa shape index (κ1) is 19.0. The van der Waals surface area contributed by atoms with Crippen LogP contribution in [0.3, 0.4) is 0 Å². The summed E-state index contributed by atoms with van der Waals surface area (Å²) in [6.45, 7) is 6.86. The number of ether oxygens (including phenoxy) is 1. The highest BCUT2D eigenvalue weighted by Gasteiger charge is 2.32. The SMILES string of the molecule is CC(C)(C)c1ccc(N2C(=O)CC[C@H]2COc2ccc(C(=O)O)cc2)cc1. The van der Waals surface area contributed by atoms with Crippen molar-refractivity contribution in [1.29, 1.82) is 0 Å². The fourth-order valence-corrected chi connectivity index (χ4v) is 3.26. The molecule has 1 saturated heterocycles. The van der Waals surface area contributed by atoms with Gasteiger partial charge in [0.1, 0.15) is 12.4 Å². The van der Waals surface area contributed by atoms with E-state index in [2.05, 4.69) is 32.9 Å². The predicted octanol–water partition coefficient (Wildman–Crippen LogP) is 4.26. The summed E-state index contributed by atoms with van der Waals surface area (Å²) in [7, 11) is 0. The molecule has 5 heteroatoms. The zero-order valence-corrected chi connectivity index (χ0v) is 15.9. The number of aromatic carboxylic acids is 1. The van der Waals surface area contributed by atoms with Crippen molar-refractivity contribution < 1.29 is 19.4 Å². The number of carbonyl (C=O) groups is 2. The number of anilines is 1. The lowest BCUT2D eigenvalue weighted by molar-refractivity contribution is -0.117. The Balaban J connectivity index is 1.70. The first-order chi connectivity index (χ1) is 12.8. The smallest absolute Gasteiger partial charge is 0.335 e. The van der Waals surface area contributed by atoms with Crippen molar-refractivity contribution in [3.63, 3.8) is 0 Å². The van der Waals surface area contributed by atoms with Crippen molar-refractivity contribution in [2.24, 2.45) is 0 Å². The van der Waals surface area contributed by atoms with Gasteiger partial charge < -0.3 is 14.7 Å². The molecule has 1 aliphatic heterocycles. The van der Waals surface area contributed by atoms with Crippen LogP contribution in [0.1, 0.15) is 49.5 Å². The van der Waals surface area contributed by atoms with Crippen LogP contribution < -0.4 is 9.64 Å². The number of rotatable bonds is 5. The van der Waals surface area contributed by atoms with E-state index in [4.69, 9.17) is 9.84 Å². The molecule has 0 saturated carbocycles. The van der Waals surface area contributed by atoms with Crippen LogP contribution in [0.15, 0.2) is 48.5 Å². The summed E-state index contributed by atoms with van der Waals surface area (Å²) in [5, 5.41) is 8.95. The second kappa shape index (κ2) is 7.43. The van der Waals surface area contributed by atoms with E-state index in [1.165, 1.54) is 17.7 Å². The summed E-state index contributed by atoms with van der Waals surface area (Å²) >= 11 is 0. The molecular weight excluding hydrogens is 342 g/mol. The summed E-state index contributed by atoms with van der Waals surface area (Å²) in [5.41, 5.74) is 2.40. The van der Waals surface area contributed by atoms with Crippen molar-refractivity contribution in [3.8, 4) is 5.75 Å². The Morgan fingerprint density at radius 3 is 2.30 bits per heavy atom. The Kier molecular flexibility index (Phi) is 5.22. The van der Waals surface area contributed by atoms with Gasteiger partial charge in [0, 0.05) is 12.1 Å². The van der Waals surface area contributed by atoms with Gasteiger partial charge in [0.05, 0.1) is 11.6 Å². The van der Waals surface area contributed by atoms with Gasteiger partial charge in [-0.1, -0.05) is 32.9 Å². The molecule has 3 rings (SSSR count). The van der Waals surface area contributed by atoms with Gasteiger partial charge in [-0.05, 0) is 53.8 Å². The average Bonchev–Trinajstić information content (AvgIpc) is 3.00. The van der Waals surface area contributed by atoms with Crippen LogP contribution in [0, 0.1) is 0 Å². The molecule has 1 atom stereocenters. The molecule has 1 amide bonds. The van der Waals surface area contributed by atoms with E-state index in [0.717, 1.165) is 12.1 Å². The molecule has 142 valence electrons. The lowest BCUT2D eigenvalue weighted by atomic mass is 9.87. The molecule has 5 nitrogen and oxygen atoms in total. The first-order valence-electron chi connectivity index (χ1n) is 9.14. The molecule has 1 aliphatic rings. The van der Waals surface area contributed by atoms with Crippen molar-refractivity contribution >= 4 is 17.6 Å². The molecule has 0 spiro atoms. The fourth-order valence-electron chi connectivity index (χ4n) is 3.26. The van der Waals surface area contributed by atoms with Gasteiger partial charge in [-0.2, -0.15) is 0 Å². The molecule has 0 radical (unpaired) electrons. The van der Waals surface area contributed by atoms with Gasteiger partial charge in [-0.25, -0.2) is 4.79 Å². The second-order valence-electron chi connectivity index (χ2n) is 7.89. The van der Waals surface area contributed by atoms with Crippen molar-refractivity contribution in [1.82, 2.24) is 0 Å². The van der Waals surface area contributed by atoms with Gasteiger partial charge in [0.25, 0.3) is 0 Å². The number of carboxylic acid groups (broad SMARTS) is 1. The van der Waals surface area contributed by atoms with Crippen LogP contribution in [0.2, 0.25) is 0 Å². The topological polar surface area (TPSA) is 66.8 Å². The zero-order chi connectivity index (χ0) is 19.6. The number of benzene rings is 2. The monoisotopic (exact) mass is 367 g/mol. The Morgan fingerprint density at radius 2 is 1.74 bits per heavy atom. The van der Waals surface area contributed by atoms with Crippen LogP contribution in [0.25, 0.3) is 0 Å². The average molecular weight is 367 g/mol. The minimum absolute atomic E-state index is 0.0304. The predicted molar refractivity (Wildman–Crippen MR) is 105 cm³/mol. The van der Waals surface area contributed by atoms with E-state index in [1.807, 2.05) is 17.0 Å². The van der Waals surface area contributed by atoms with Gasteiger partial charge >= 0.3 is 5.97 Å². The first-order valence-corrected chi connectivity index (χ1v) is 9.14. The normalized spacial score (nSPS) is 17.2. The molecular formula is C22H25NO4. The summed E-state index contributed by atoms with van der Waals surface area (Å²) in [6, 6.07) is 14.4. The van der Waals surface area contributed by atoms with E-state index in [9.17, 15) is 9.59 Å². The summed E-state index contributed by atoms with van der Waals surface area (Å²) < 4.78 is 5.82. The van der Waals surface area contributed by atoms with Crippen molar-refractivity contribution in [2.75, 3.05) is 11.5 Å². The molecule has 0 bridgehead atoms. The number of amides is 1. The maximum Gasteiger partial charge on any atom is 0.335 e. The van der Waals surface area contributed by atoms with Crippen molar-refractivity contribution in [2.45, 2.75) is 45.1 Å². The largest absolute Gasteiger partial charge is 0.491 e. The van der Waals surface area contributed by atoms with E-state index >= 15 is 0 Å². The lowest BCUT2D eigenvalue weighted by Crippen LogP contribution is -2.37. The number of nitrogens with zero attached hydrogens (tertiary/aromatic N) is 1. The Hall–Kier alpha value is -2.82. The van der Waals surface area contributed by atoms with Gasteiger partial charge in [0.15, 0.2) is 0 Å². The van der Waals surface area contributed by atoms with Crippen LogP contribution in [-0.2, 0) is 10.2 Å². The van der Waals surface area contributed by atoms with Crippen molar-refractivity contribution in [3.05, 3.63) is 59.7 Å². The van der Waals surface area contributed by atoms with E-state index in [-0.39, 0.29) is 22.9 Å². The van der Waals surface area contributed by atoms with Crippen LogP contribution >= 0.6 is 0 Å². The number of carboxylic acids is 1. The third-order valence-corrected chi connectivity index (χ3v) is 4.88.